The van der Waals surface area contributed by atoms with Crippen LogP contribution in [0.4, 0.5) is 0 Å². The molecule has 13 heterocycles. The van der Waals surface area contributed by atoms with E-state index in [1.807, 2.05) is 101 Å². The summed E-state index contributed by atoms with van der Waals surface area (Å²) in [7, 11) is 11.3. The molecule has 2 aliphatic rings. The van der Waals surface area contributed by atoms with Crippen LogP contribution in [-0.4, -0.2) is 121 Å². The van der Waals surface area contributed by atoms with Crippen LogP contribution in [0.3, 0.4) is 0 Å². The zero-order chi connectivity index (χ0) is 112. The highest BCUT2D eigenvalue weighted by Crippen LogP contribution is 2.31. The van der Waals surface area contributed by atoms with Crippen molar-refractivity contribution >= 4 is 5.84 Å². The third-order valence-electron chi connectivity index (χ3n) is 18.9. The summed E-state index contributed by atoms with van der Waals surface area (Å²) in [6.45, 7) is 101. The predicted molar refractivity (Wildman–Crippen MR) is 597 cm³/mol. The lowest BCUT2D eigenvalue weighted by molar-refractivity contribution is 0.181. The van der Waals surface area contributed by atoms with E-state index in [4.69, 9.17) is 31.5 Å². The monoisotopic (exact) mass is 2030 g/mol. The number of rotatable bonds is 15. The van der Waals surface area contributed by atoms with Gasteiger partial charge in [0.1, 0.15) is 41.9 Å². The smallest absolute Gasteiger partial charge is 0.223 e. The van der Waals surface area contributed by atoms with Crippen molar-refractivity contribution in [2.75, 3.05) is 20.3 Å². The van der Waals surface area contributed by atoms with Gasteiger partial charge in [-0.15, -0.1) is 20.4 Å². The first-order chi connectivity index (χ1) is 65.7. The van der Waals surface area contributed by atoms with E-state index in [0.29, 0.717) is 63.0 Å². The number of nitrogens with zero attached hydrogens (tertiary/aromatic N) is 24. The number of aromatic nitrogens is 19. The van der Waals surface area contributed by atoms with Gasteiger partial charge in [0.15, 0.2) is 30.1 Å². The molecule has 0 saturated carbocycles. The largest absolute Gasteiger partial charge is 0.469 e. The molecule has 146 heavy (non-hydrogen) atoms. The normalized spacial score (nSPS) is 12.7. The predicted octanol–water partition coefficient (Wildman–Crippen LogP) is 29.8. The molecule has 0 aliphatic carbocycles. The second kappa shape index (κ2) is 60.4. The van der Waals surface area contributed by atoms with Crippen molar-refractivity contribution in [3.63, 3.8) is 0 Å². The molecular formula is C115H204N24O7. The number of furan rings is 1. The zero-order valence-electron chi connectivity index (χ0n) is 101. The molecule has 0 bridgehead atoms. The summed E-state index contributed by atoms with van der Waals surface area (Å²) >= 11 is 0. The van der Waals surface area contributed by atoms with Crippen LogP contribution in [-0.2, 0) is 117 Å². The van der Waals surface area contributed by atoms with Gasteiger partial charge in [-0.25, -0.2) is 19.9 Å². The van der Waals surface area contributed by atoms with Crippen LogP contribution in [0.25, 0.3) is 0 Å². The Morgan fingerprint density at radius 3 is 1.26 bits per heavy atom. The van der Waals surface area contributed by atoms with Crippen LogP contribution in [0.5, 0.6) is 0 Å². The fourth-order valence-electron chi connectivity index (χ4n) is 13.5. The Morgan fingerprint density at radius 1 is 0.390 bits per heavy atom. The Kier molecular flexibility index (Phi) is 56.1. The number of hydrogen-bond acceptors (Lipinski definition) is 26. The molecule has 0 atom stereocenters. The molecule has 0 spiro atoms. The number of oxazole rings is 2. The maximum Gasteiger partial charge on any atom is 0.223 e. The van der Waals surface area contributed by atoms with Crippen molar-refractivity contribution in [3.8, 4) is 0 Å². The van der Waals surface area contributed by atoms with Crippen molar-refractivity contribution in [3.05, 3.63) is 189 Å². The molecule has 0 fully saturated rings. The van der Waals surface area contributed by atoms with E-state index in [2.05, 4.69) is 405 Å². The van der Waals surface area contributed by atoms with E-state index in [1.54, 1.807) is 49.2 Å². The molecule has 0 N–H and O–H groups in total. The van der Waals surface area contributed by atoms with Crippen molar-refractivity contribution < 1.29 is 31.5 Å². The number of amidine groups is 1. The highest BCUT2D eigenvalue weighted by molar-refractivity contribution is 5.83. The first kappa shape index (κ1) is 136. The Bertz CT molecular complexity index is 4790. The number of methoxy groups -OCH3 is 1. The Balaban J connectivity index is 0.00000156. The van der Waals surface area contributed by atoms with Gasteiger partial charge in [-0.05, 0) is 185 Å². The molecule has 826 valence electrons. The van der Waals surface area contributed by atoms with Crippen molar-refractivity contribution in [2.45, 2.75) is 416 Å². The number of azo groups is 2. The first-order valence-electron chi connectivity index (χ1n) is 51.2. The second-order valence-electron chi connectivity index (χ2n) is 54.2. The average molecular weight is 2040 g/mol. The minimum atomic E-state index is 0. The van der Waals surface area contributed by atoms with Gasteiger partial charge in [0, 0.05) is 125 Å². The molecule has 0 aromatic carbocycles. The second-order valence-corrected chi connectivity index (χ2v) is 54.2. The maximum absolute atomic E-state index is 5.34. The van der Waals surface area contributed by atoms with E-state index >= 15 is 0 Å². The molecule has 0 unspecified atom stereocenters. The van der Waals surface area contributed by atoms with E-state index in [0.717, 1.165) is 165 Å². The highest BCUT2D eigenvalue weighted by atomic mass is 16.5. The molecule has 0 amide bonds. The van der Waals surface area contributed by atoms with Gasteiger partial charge in [-0.2, -0.15) is 40.7 Å². The molecular weight excluding hydrogens is 1830 g/mol. The summed E-state index contributed by atoms with van der Waals surface area (Å²) in [6, 6.07) is 6.22. The van der Waals surface area contributed by atoms with Gasteiger partial charge in [-0.1, -0.05) is 293 Å². The number of aryl methyl sites for hydroxylation is 12. The molecule has 31 heteroatoms. The molecule has 2 aliphatic heterocycles. The van der Waals surface area contributed by atoms with Gasteiger partial charge < -0.3 is 31.5 Å². The molecule has 13 rings (SSSR count). The van der Waals surface area contributed by atoms with Crippen LogP contribution in [0, 0.1) is 119 Å². The fraction of sp³-hybridized carbons (Fsp3) is 0.713. The topological polar surface area (TPSA) is 355 Å². The van der Waals surface area contributed by atoms with Crippen molar-refractivity contribution in [1.29, 1.82) is 0 Å². The maximum atomic E-state index is 5.34. The third kappa shape index (κ3) is 74.5. The van der Waals surface area contributed by atoms with E-state index in [-0.39, 0.29) is 39.9 Å². The van der Waals surface area contributed by atoms with Crippen molar-refractivity contribution in [1.82, 2.24) is 94.6 Å². The fourth-order valence-corrected chi connectivity index (χ4v) is 13.5. The lowest BCUT2D eigenvalue weighted by Gasteiger charge is -2.17. The summed E-state index contributed by atoms with van der Waals surface area (Å²) in [5, 5.41) is 55.9. The quantitative estimate of drug-likeness (QED) is 0.0920. The zero-order valence-corrected chi connectivity index (χ0v) is 101. The minimum Gasteiger partial charge on any atom is -0.469 e. The Hall–Kier alpha value is -10.3. The van der Waals surface area contributed by atoms with E-state index in [1.165, 1.54) is 33.8 Å². The van der Waals surface area contributed by atoms with Crippen LogP contribution in [0.2, 0.25) is 0 Å². The summed E-state index contributed by atoms with van der Waals surface area (Å²) in [5.41, 5.74) is 16.5. The Labute approximate surface area is 883 Å². The van der Waals surface area contributed by atoms with Gasteiger partial charge in [0.05, 0.1) is 59.8 Å². The van der Waals surface area contributed by atoms with Crippen LogP contribution < -0.4 is 0 Å². The number of ether oxygens (including phenoxy) is 1. The van der Waals surface area contributed by atoms with Crippen LogP contribution in [0.1, 0.15) is 399 Å². The highest BCUT2D eigenvalue weighted by Gasteiger charge is 2.25. The lowest BCUT2D eigenvalue weighted by Crippen LogP contribution is -2.10. The summed E-state index contributed by atoms with van der Waals surface area (Å²) in [5.74, 6) is 8.24. The van der Waals surface area contributed by atoms with Gasteiger partial charge in [-0.3, -0.25) is 23.4 Å². The molecule has 11 aromatic heterocycles. The molecule has 0 saturated heterocycles. The van der Waals surface area contributed by atoms with E-state index in [9.17, 15) is 0 Å². The minimum absolute atomic E-state index is 0. The number of hydrogen-bond donors (Lipinski definition) is 0. The summed E-state index contributed by atoms with van der Waals surface area (Å²) < 4.78 is 45.0. The average Bonchev–Trinajstić information content (AvgIpc) is 1.71. The number of allylic oxidation sites excluding steroid dienone is 1. The van der Waals surface area contributed by atoms with Gasteiger partial charge >= 0.3 is 0 Å². The first-order valence-corrected chi connectivity index (χ1v) is 51.2. The van der Waals surface area contributed by atoms with Crippen LogP contribution in [0.15, 0.2) is 132 Å². The molecule has 11 aromatic rings. The summed E-state index contributed by atoms with van der Waals surface area (Å²) in [4.78, 5) is 20.9. The van der Waals surface area contributed by atoms with E-state index < -0.39 is 0 Å². The van der Waals surface area contributed by atoms with Crippen LogP contribution >= 0.6 is 0 Å². The SMILES string of the molecule is C.CC(C)(C)CC1=CCN=N1.CC(C)(C)CC1=NCN=N1.COCc1coc(CC(C)(C)C)n1.Cc1cc(CC(C)(C)C)nn1C.Cc1cc(CC(C)(C)C)no1.Cc1coc(C)c1CC(C)(C)C.Cc1coc(CC(C)(C)C)n1.Cc1nc(CC(C)(C)C)no1.Cc1nnc(CC(C)(C)C)o1.Cn1cc(CC(C)(C)C)cn1.Cn1cc(CC(C)(C)C)nn1.Cn1ccc(CC(C)(C)C)n1.Cn1cnc(CC(C)(C)C)n1. The lowest BCUT2D eigenvalue weighted by atomic mass is 9.87. The number of aliphatic imine (C=N–C) groups is 1. The van der Waals surface area contributed by atoms with Crippen molar-refractivity contribution in [2.24, 2.45) is 131 Å². The van der Waals surface area contributed by atoms with Gasteiger partial charge in [0.25, 0.3) is 0 Å². The molecule has 31 nitrogen and oxygen atoms in total. The third-order valence-corrected chi connectivity index (χ3v) is 18.9. The summed E-state index contributed by atoms with van der Waals surface area (Å²) in [6.07, 6.45) is 29.6. The Morgan fingerprint density at radius 2 is 0.890 bits per heavy atom. The van der Waals surface area contributed by atoms with Gasteiger partial charge in [0.2, 0.25) is 17.7 Å². The standard InChI is InChI=1S/C11H18O.C10H18N2.C10H17NO2.2C9H16N2.2C9H15NO.2C8H15N3.2C8H14N2O.C8H14N2.C7H13N3.CH4/c1-8-7-12-9(2)10(8)6-11(3,4)5;1-8-6-9(11-12(8)5)7-10(2,3)4;1-10(2,3)5-9-11-8(6-12-4)7-13-9;1-9(2,3)5-8-6-10-11(4)7-8;1-9(2,3)7-8-5-6-11(4)10-8;1-7-6-11-8(10-7)5-9(2,3)4;1-7-5-8(10-11-7)6-9(2,3)4;1-8(2,3)5-7-9-6-11(4)10-7;1-8(2,3)5-7-6-11(4)10-9-7;1-6-9-10-7(11-6)5-8(2,3)4;1-6-9-7(10-11-6)5-8(2,3)4;1-8(2,3)6-7-4-5-9-10-7;1-7(2,3)4-6-8-5-9-10-6;/h7H,6H2,1-5H3;6H,7H2,1-5H3;7H,5-6H2,1-4H3;6-7H,5H2,1-4H3;5-6H,7H2,1-4H3;6H,5H2,1-4H3;5H,6H2,1-4H3;2*6H,5H2,1-4H3;2*5H2,1-4H3;4H,5-6H2,1-3H3;4-5H2,1-3H3;1H4. The molecule has 0 radical (unpaired) electrons.